The molecule has 0 aromatic rings. The van der Waals surface area contributed by atoms with Crippen molar-refractivity contribution in [3.05, 3.63) is 0 Å². The zero-order valence-electron chi connectivity index (χ0n) is 21.9. The number of unbranched alkanes of at least 4 members (excludes halogenated alkanes) is 13. The Kier molecular flexibility index (Phi) is 35.9. The number of hydrogen-bond donors (Lipinski definition) is 2. The molecular formula is C16H41Mg3O4P. The van der Waals surface area contributed by atoms with E-state index in [1.807, 2.05) is 0 Å². The molecule has 0 radical (unpaired) electrons. The molecule has 0 amide bonds. The fraction of sp³-hybridized carbons (Fsp3) is 1.00. The first-order valence-corrected chi connectivity index (χ1v) is 10.3. The second-order valence-corrected chi connectivity index (χ2v) is 7.16. The van der Waals surface area contributed by atoms with E-state index in [4.69, 9.17) is 9.79 Å². The zero-order valence-corrected chi connectivity index (χ0v) is 21.0. The van der Waals surface area contributed by atoms with Gasteiger partial charge in [0.15, 0.2) is 0 Å². The Morgan fingerprint density at radius 3 is 1.25 bits per heavy atom. The SMILES string of the molecule is CCCCCCCCCCCCCCCCOP(=O)(O)O.[H-].[H-].[H-].[H-].[H-].[H-].[Mg+2].[Mg+2].[Mg+2]. The van der Waals surface area contributed by atoms with Gasteiger partial charge in [0.05, 0.1) is 6.61 Å². The normalized spacial score (nSPS) is 10.5. The summed E-state index contributed by atoms with van der Waals surface area (Å²) < 4.78 is 14.8. The molecular weight excluding hydrogens is 360 g/mol. The van der Waals surface area contributed by atoms with E-state index >= 15 is 0 Å². The maximum atomic E-state index is 10.4. The summed E-state index contributed by atoms with van der Waals surface area (Å²) in [6.07, 6.45) is 17.8. The number of rotatable bonds is 16. The van der Waals surface area contributed by atoms with Crippen LogP contribution >= 0.6 is 7.82 Å². The van der Waals surface area contributed by atoms with Gasteiger partial charge >= 0.3 is 77.0 Å². The topological polar surface area (TPSA) is 66.8 Å². The summed E-state index contributed by atoms with van der Waals surface area (Å²) in [6, 6.07) is 0. The van der Waals surface area contributed by atoms with Gasteiger partial charge in [0.1, 0.15) is 0 Å². The van der Waals surface area contributed by atoms with E-state index in [0.29, 0.717) is 0 Å². The molecule has 0 aliphatic heterocycles. The van der Waals surface area contributed by atoms with E-state index in [-0.39, 0.29) is 84.3 Å². The molecule has 24 heavy (non-hydrogen) atoms. The molecule has 0 unspecified atom stereocenters. The fourth-order valence-electron chi connectivity index (χ4n) is 2.48. The van der Waals surface area contributed by atoms with Gasteiger partial charge in [0.2, 0.25) is 0 Å². The summed E-state index contributed by atoms with van der Waals surface area (Å²) >= 11 is 0. The summed E-state index contributed by atoms with van der Waals surface area (Å²) in [6.45, 7) is 2.42. The van der Waals surface area contributed by atoms with Crippen molar-refractivity contribution in [2.75, 3.05) is 6.61 Å². The van der Waals surface area contributed by atoms with Crippen LogP contribution in [0.3, 0.4) is 0 Å². The van der Waals surface area contributed by atoms with Crippen LogP contribution in [-0.4, -0.2) is 85.6 Å². The Balaban J connectivity index is -0.0000000556. The van der Waals surface area contributed by atoms with Gasteiger partial charge in [0.25, 0.3) is 0 Å². The monoisotopic (exact) mass is 400 g/mol. The summed E-state index contributed by atoms with van der Waals surface area (Å²) in [5.74, 6) is 0. The van der Waals surface area contributed by atoms with Crippen LogP contribution in [0.4, 0.5) is 0 Å². The number of phosphoric acid groups is 1. The van der Waals surface area contributed by atoms with E-state index in [1.54, 1.807) is 0 Å². The summed E-state index contributed by atoms with van der Waals surface area (Å²) in [5, 5.41) is 0. The quantitative estimate of drug-likeness (QED) is 0.214. The van der Waals surface area contributed by atoms with Crippen molar-refractivity contribution in [2.45, 2.75) is 96.8 Å². The molecule has 0 atom stereocenters. The van der Waals surface area contributed by atoms with Crippen LogP contribution in [0.25, 0.3) is 0 Å². The minimum Gasteiger partial charge on any atom is -1.00 e. The third-order valence-electron chi connectivity index (χ3n) is 3.76. The summed E-state index contributed by atoms with van der Waals surface area (Å²) in [4.78, 5) is 17.0. The summed E-state index contributed by atoms with van der Waals surface area (Å²) in [7, 11) is -4.25. The maximum absolute atomic E-state index is 10.4. The van der Waals surface area contributed by atoms with Gasteiger partial charge in [-0.05, 0) is 6.42 Å². The second-order valence-electron chi connectivity index (χ2n) is 5.92. The van der Waals surface area contributed by atoms with Gasteiger partial charge in [-0.1, -0.05) is 90.4 Å². The van der Waals surface area contributed by atoms with Gasteiger partial charge in [-0.3, -0.25) is 4.52 Å². The standard InChI is InChI=1S/C16H35O4P.3Mg.6H/c1-2-3-4-5-6-7-8-9-10-11-12-13-14-15-16-20-21(17,18)19;;;;;;;;;/h2-16H2,1H3,(H2,17,18,19);;;;;;;;;/q;3*+2;6*-1. The number of phosphoric ester groups is 1. The van der Waals surface area contributed by atoms with Gasteiger partial charge in [-0.25, -0.2) is 4.57 Å². The van der Waals surface area contributed by atoms with E-state index < -0.39 is 7.82 Å². The fourth-order valence-corrected chi connectivity index (χ4v) is 2.85. The molecule has 0 aliphatic rings. The largest absolute Gasteiger partial charge is 2.00 e. The molecule has 0 spiro atoms. The molecule has 0 heterocycles. The van der Waals surface area contributed by atoms with Crippen molar-refractivity contribution in [1.82, 2.24) is 0 Å². The van der Waals surface area contributed by atoms with Crippen molar-refractivity contribution in [3.8, 4) is 0 Å². The van der Waals surface area contributed by atoms with Crippen molar-refractivity contribution < 1.29 is 27.4 Å². The Labute approximate surface area is 206 Å². The van der Waals surface area contributed by atoms with Gasteiger partial charge in [-0.15, -0.1) is 0 Å². The molecule has 0 aromatic heterocycles. The van der Waals surface area contributed by atoms with Gasteiger partial charge < -0.3 is 18.3 Å². The summed E-state index contributed by atoms with van der Waals surface area (Å²) in [5.41, 5.74) is 0. The maximum Gasteiger partial charge on any atom is 2.00 e. The van der Waals surface area contributed by atoms with Crippen LogP contribution in [0.1, 0.15) is 105 Å². The van der Waals surface area contributed by atoms with Crippen LogP contribution in [-0.2, 0) is 9.09 Å². The smallest absolute Gasteiger partial charge is 1.00 e. The molecule has 0 rings (SSSR count). The zero-order chi connectivity index (χ0) is 15.8. The molecule has 0 aromatic carbocycles. The molecule has 0 bridgehead atoms. The Bertz CT molecular complexity index is 287. The predicted molar refractivity (Wildman–Crippen MR) is 112 cm³/mol. The first kappa shape index (κ1) is 34.0. The predicted octanol–water partition coefficient (Wildman–Crippen LogP) is 5.11. The van der Waals surface area contributed by atoms with Crippen LogP contribution in [0.2, 0.25) is 0 Å². The van der Waals surface area contributed by atoms with E-state index in [0.717, 1.165) is 19.3 Å². The van der Waals surface area contributed by atoms with Crippen molar-refractivity contribution in [2.24, 2.45) is 0 Å². The average molecular weight is 401 g/mol. The van der Waals surface area contributed by atoms with Crippen LogP contribution < -0.4 is 0 Å². The molecule has 0 aliphatic carbocycles. The minimum absolute atomic E-state index is 0. The van der Waals surface area contributed by atoms with Crippen molar-refractivity contribution in [1.29, 1.82) is 0 Å². The van der Waals surface area contributed by atoms with Crippen molar-refractivity contribution >= 4 is 77.0 Å². The number of hydrogen-bond acceptors (Lipinski definition) is 2. The Hall–Kier alpha value is 2.41. The van der Waals surface area contributed by atoms with Crippen LogP contribution in [0.5, 0.6) is 0 Å². The first-order chi connectivity index (χ1) is 10.1. The Morgan fingerprint density at radius 1 is 0.667 bits per heavy atom. The third kappa shape index (κ3) is 32.1. The van der Waals surface area contributed by atoms with E-state index in [1.165, 1.54) is 70.6 Å². The molecule has 2 N–H and O–H groups in total. The Morgan fingerprint density at radius 2 is 0.958 bits per heavy atom. The molecule has 0 saturated carbocycles. The molecule has 4 nitrogen and oxygen atoms in total. The van der Waals surface area contributed by atoms with Gasteiger partial charge in [0, 0.05) is 0 Å². The average Bonchev–Trinajstić information content (AvgIpc) is 2.42. The minimum atomic E-state index is -4.25. The molecule has 8 heteroatoms. The molecule has 0 fully saturated rings. The van der Waals surface area contributed by atoms with Crippen molar-refractivity contribution in [3.63, 3.8) is 0 Å². The van der Waals surface area contributed by atoms with Gasteiger partial charge in [-0.2, -0.15) is 0 Å². The van der Waals surface area contributed by atoms with Crippen LogP contribution in [0, 0.1) is 0 Å². The van der Waals surface area contributed by atoms with E-state index in [9.17, 15) is 4.57 Å². The van der Waals surface area contributed by atoms with Crippen LogP contribution in [0.15, 0.2) is 0 Å². The first-order valence-electron chi connectivity index (χ1n) is 8.76. The molecule has 140 valence electrons. The van der Waals surface area contributed by atoms with E-state index in [2.05, 4.69) is 11.4 Å². The second kappa shape index (κ2) is 25.4. The molecule has 0 saturated heterocycles. The third-order valence-corrected chi connectivity index (χ3v) is 4.28.